The molecule has 0 unspecified atom stereocenters. The van der Waals surface area contributed by atoms with Crippen LogP contribution >= 0.6 is 11.6 Å². The molecule has 1 aliphatic heterocycles. The Balaban J connectivity index is 1.51. The van der Waals surface area contributed by atoms with Gasteiger partial charge in [0, 0.05) is 23.8 Å². The maximum atomic E-state index is 12.1. The number of hydrogen-bond donors (Lipinski definition) is 1. The van der Waals surface area contributed by atoms with Crippen LogP contribution in [0.3, 0.4) is 0 Å². The number of carbonyl (C=O) groups is 1. The standard InChI is InChI=1S/C20H23ClN2O2/c1-23-11-9-19(10-12-23)25-18-7-5-17(6-8-18)22-20(24)14-15-3-2-4-16(21)13-15/h2-8,13,19H,9-12,14H2,1H3,(H,22,24). The Bertz CT molecular complexity index is 710. The van der Waals surface area contributed by atoms with Gasteiger partial charge in [0.25, 0.3) is 0 Å². The molecule has 1 heterocycles. The number of benzene rings is 2. The van der Waals surface area contributed by atoms with Crippen molar-refractivity contribution >= 4 is 23.2 Å². The van der Waals surface area contributed by atoms with Gasteiger partial charge in [-0.3, -0.25) is 4.79 Å². The van der Waals surface area contributed by atoms with Crippen LogP contribution in [0.1, 0.15) is 18.4 Å². The number of nitrogens with zero attached hydrogens (tertiary/aromatic N) is 1. The van der Waals surface area contributed by atoms with Gasteiger partial charge >= 0.3 is 0 Å². The molecule has 1 fully saturated rings. The second-order valence-corrected chi connectivity index (χ2v) is 6.94. The monoisotopic (exact) mass is 358 g/mol. The summed E-state index contributed by atoms with van der Waals surface area (Å²) in [5, 5.41) is 3.54. The molecule has 0 aromatic heterocycles. The van der Waals surface area contributed by atoms with Crippen molar-refractivity contribution in [2.45, 2.75) is 25.4 Å². The summed E-state index contributed by atoms with van der Waals surface area (Å²) < 4.78 is 6.02. The second-order valence-electron chi connectivity index (χ2n) is 6.50. The van der Waals surface area contributed by atoms with Crippen LogP contribution in [0.2, 0.25) is 5.02 Å². The van der Waals surface area contributed by atoms with Gasteiger partial charge in [-0.25, -0.2) is 0 Å². The van der Waals surface area contributed by atoms with Gasteiger partial charge in [0.1, 0.15) is 11.9 Å². The zero-order valence-corrected chi connectivity index (χ0v) is 15.1. The molecule has 5 heteroatoms. The Hall–Kier alpha value is -2.04. The summed E-state index contributed by atoms with van der Waals surface area (Å²) in [4.78, 5) is 14.5. The summed E-state index contributed by atoms with van der Waals surface area (Å²) in [6.07, 6.45) is 2.68. The summed E-state index contributed by atoms with van der Waals surface area (Å²) in [6, 6.07) is 14.9. The van der Waals surface area contributed by atoms with Crippen molar-refractivity contribution in [1.82, 2.24) is 4.90 Å². The van der Waals surface area contributed by atoms with E-state index < -0.39 is 0 Å². The first-order valence-corrected chi connectivity index (χ1v) is 8.96. The van der Waals surface area contributed by atoms with Crippen LogP contribution in [0.5, 0.6) is 5.75 Å². The minimum absolute atomic E-state index is 0.0637. The molecular formula is C20H23ClN2O2. The molecule has 0 spiro atoms. The van der Waals surface area contributed by atoms with E-state index in [1.165, 1.54) is 0 Å². The first kappa shape index (κ1) is 17.8. The molecule has 1 saturated heterocycles. The smallest absolute Gasteiger partial charge is 0.228 e. The molecule has 1 N–H and O–H groups in total. The molecule has 4 nitrogen and oxygen atoms in total. The van der Waals surface area contributed by atoms with Crippen molar-refractivity contribution < 1.29 is 9.53 Å². The van der Waals surface area contributed by atoms with Crippen molar-refractivity contribution in [3.63, 3.8) is 0 Å². The molecule has 0 atom stereocenters. The van der Waals surface area contributed by atoms with Crippen LogP contribution in [0.15, 0.2) is 48.5 Å². The molecular weight excluding hydrogens is 336 g/mol. The lowest BCUT2D eigenvalue weighted by Gasteiger charge is -2.29. The lowest BCUT2D eigenvalue weighted by Crippen LogP contribution is -2.35. The van der Waals surface area contributed by atoms with Crippen LogP contribution < -0.4 is 10.1 Å². The molecule has 25 heavy (non-hydrogen) atoms. The van der Waals surface area contributed by atoms with E-state index >= 15 is 0 Å². The average molecular weight is 359 g/mol. The number of rotatable bonds is 5. The lowest BCUT2D eigenvalue weighted by molar-refractivity contribution is -0.115. The molecule has 2 aromatic rings. The van der Waals surface area contributed by atoms with Crippen molar-refractivity contribution in [1.29, 1.82) is 0 Å². The van der Waals surface area contributed by atoms with Crippen LogP contribution in [0, 0.1) is 0 Å². The van der Waals surface area contributed by atoms with Gasteiger partial charge in [-0.2, -0.15) is 0 Å². The van der Waals surface area contributed by atoms with Crippen LogP contribution in [0.4, 0.5) is 5.69 Å². The Labute approximate surface area is 153 Å². The fourth-order valence-electron chi connectivity index (χ4n) is 2.95. The van der Waals surface area contributed by atoms with Crippen molar-refractivity contribution in [3.05, 3.63) is 59.1 Å². The lowest BCUT2D eigenvalue weighted by atomic mass is 10.1. The van der Waals surface area contributed by atoms with Gasteiger partial charge in [-0.1, -0.05) is 23.7 Å². The zero-order chi connectivity index (χ0) is 17.6. The Morgan fingerprint density at radius 2 is 1.92 bits per heavy atom. The fourth-order valence-corrected chi connectivity index (χ4v) is 3.16. The van der Waals surface area contributed by atoms with Crippen molar-refractivity contribution in [2.75, 3.05) is 25.5 Å². The van der Waals surface area contributed by atoms with Gasteiger partial charge in [0.2, 0.25) is 5.91 Å². The fraction of sp³-hybridized carbons (Fsp3) is 0.350. The van der Waals surface area contributed by atoms with E-state index in [-0.39, 0.29) is 12.0 Å². The Morgan fingerprint density at radius 3 is 2.60 bits per heavy atom. The van der Waals surface area contributed by atoms with Gasteiger partial charge in [-0.05, 0) is 61.9 Å². The first-order chi connectivity index (χ1) is 12.1. The third kappa shape index (κ3) is 5.48. The molecule has 0 saturated carbocycles. The van der Waals surface area contributed by atoms with Crippen LogP contribution in [-0.4, -0.2) is 37.0 Å². The largest absolute Gasteiger partial charge is 0.490 e. The number of piperidine rings is 1. The highest BCUT2D eigenvalue weighted by molar-refractivity contribution is 6.30. The summed E-state index contributed by atoms with van der Waals surface area (Å²) in [5.74, 6) is 0.786. The third-order valence-electron chi connectivity index (χ3n) is 4.36. The van der Waals surface area contributed by atoms with Crippen LogP contribution in [-0.2, 0) is 11.2 Å². The van der Waals surface area contributed by atoms with Gasteiger partial charge in [0.05, 0.1) is 6.42 Å². The number of anilines is 1. The van der Waals surface area contributed by atoms with Gasteiger partial charge in [-0.15, -0.1) is 0 Å². The predicted octanol–water partition coefficient (Wildman–Crippen LogP) is 3.99. The van der Waals surface area contributed by atoms with Crippen LogP contribution in [0.25, 0.3) is 0 Å². The number of hydrogen-bond acceptors (Lipinski definition) is 3. The van der Waals surface area contributed by atoms with E-state index in [1.807, 2.05) is 36.4 Å². The predicted molar refractivity (Wildman–Crippen MR) is 101 cm³/mol. The van der Waals surface area contributed by atoms with E-state index in [2.05, 4.69) is 17.3 Å². The van der Waals surface area contributed by atoms with E-state index in [0.717, 1.165) is 42.9 Å². The highest BCUT2D eigenvalue weighted by Gasteiger charge is 2.17. The molecule has 3 rings (SSSR count). The minimum atomic E-state index is -0.0637. The summed E-state index contributed by atoms with van der Waals surface area (Å²) >= 11 is 5.95. The normalized spacial score (nSPS) is 15.8. The Morgan fingerprint density at radius 1 is 1.20 bits per heavy atom. The summed E-state index contributed by atoms with van der Waals surface area (Å²) in [6.45, 7) is 2.14. The first-order valence-electron chi connectivity index (χ1n) is 8.58. The maximum absolute atomic E-state index is 12.1. The topological polar surface area (TPSA) is 41.6 Å². The van der Waals surface area contributed by atoms with E-state index in [4.69, 9.17) is 16.3 Å². The molecule has 0 aliphatic carbocycles. The van der Waals surface area contributed by atoms with Crippen molar-refractivity contribution in [2.24, 2.45) is 0 Å². The van der Waals surface area contributed by atoms with Gasteiger partial charge < -0.3 is 15.0 Å². The maximum Gasteiger partial charge on any atom is 0.228 e. The molecule has 132 valence electrons. The molecule has 1 amide bonds. The van der Waals surface area contributed by atoms with E-state index in [1.54, 1.807) is 12.1 Å². The molecule has 1 aliphatic rings. The number of likely N-dealkylation sites (tertiary alicyclic amines) is 1. The highest BCUT2D eigenvalue weighted by atomic mass is 35.5. The van der Waals surface area contributed by atoms with Crippen molar-refractivity contribution in [3.8, 4) is 5.75 Å². The summed E-state index contributed by atoms with van der Waals surface area (Å²) in [5.41, 5.74) is 1.66. The number of halogens is 1. The quantitative estimate of drug-likeness (QED) is 0.878. The van der Waals surface area contributed by atoms with E-state index in [0.29, 0.717) is 11.4 Å². The molecule has 0 bridgehead atoms. The number of nitrogens with one attached hydrogen (secondary N) is 1. The third-order valence-corrected chi connectivity index (χ3v) is 4.60. The molecule has 0 radical (unpaired) electrons. The number of ether oxygens (including phenoxy) is 1. The highest BCUT2D eigenvalue weighted by Crippen LogP contribution is 2.21. The average Bonchev–Trinajstić information content (AvgIpc) is 2.59. The number of carbonyl (C=O) groups excluding carboxylic acids is 1. The minimum Gasteiger partial charge on any atom is -0.490 e. The van der Waals surface area contributed by atoms with Gasteiger partial charge in [0.15, 0.2) is 0 Å². The van der Waals surface area contributed by atoms with E-state index in [9.17, 15) is 4.79 Å². The second kappa shape index (κ2) is 8.37. The molecule has 2 aromatic carbocycles. The Kier molecular flexibility index (Phi) is 5.95. The summed E-state index contributed by atoms with van der Waals surface area (Å²) in [7, 11) is 2.14. The SMILES string of the molecule is CN1CCC(Oc2ccc(NC(=O)Cc3cccc(Cl)c3)cc2)CC1. The zero-order valence-electron chi connectivity index (χ0n) is 14.4. The number of amides is 1.